The highest BCUT2D eigenvalue weighted by molar-refractivity contribution is 5.76. The lowest BCUT2D eigenvalue weighted by atomic mass is 9.95. The number of aliphatic carboxylic acids is 1. The first-order valence-electron chi connectivity index (χ1n) is 5.84. The molecule has 0 saturated heterocycles. The molecule has 1 unspecified atom stereocenters. The molecule has 5 nitrogen and oxygen atoms in total. The van der Waals surface area contributed by atoms with E-state index >= 15 is 0 Å². The maximum atomic E-state index is 14.0. The number of carbonyl (C=O) groups is 1. The molecule has 2 N–H and O–H groups in total. The van der Waals surface area contributed by atoms with Crippen molar-refractivity contribution in [3.05, 3.63) is 23.3 Å². The number of fused-ring (bicyclic) bond motifs is 1. The lowest BCUT2D eigenvalue weighted by Crippen LogP contribution is -2.21. The molecule has 0 bridgehead atoms. The average molecular weight is 270 g/mol. The summed E-state index contributed by atoms with van der Waals surface area (Å²) in [5.41, 5.74) is -1.44. The molecule has 104 valence electrons. The molecule has 0 spiro atoms. The van der Waals surface area contributed by atoms with Gasteiger partial charge in [-0.05, 0) is 31.5 Å². The van der Waals surface area contributed by atoms with Crippen molar-refractivity contribution in [2.45, 2.75) is 25.6 Å². The van der Waals surface area contributed by atoms with Gasteiger partial charge in [0.1, 0.15) is 18.9 Å². The molecule has 6 heteroatoms. The van der Waals surface area contributed by atoms with Crippen molar-refractivity contribution < 1.29 is 28.9 Å². The van der Waals surface area contributed by atoms with Crippen molar-refractivity contribution in [2.75, 3.05) is 13.2 Å². The van der Waals surface area contributed by atoms with Gasteiger partial charge in [0.25, 0.3) is 0 Å². The van der Waals surface area contributed by atoms with E-state index in [1.807, 2.05) is 0 Å². The zero-order valence-electron chi connectivity index (χ0n) is 10.6. The summed E-state index contributed by atoms with van der Waals surface area (Å²) in [5.74, 6) is -1.01. The van der Waals surface area contributed by atoms with E-state index < -0.39 is 17.7 Å². The molecule has 1 aromatic carbocycles. The Morgan fingerprint density at radius 1 is 1.37 bits per heavy atom. The van der Waals surface area contributed by atoms with Crippen molar-refractivity contribution in [1.29, 1.82) is 0 Å². The van der Waals surface area contributed by atoms with E-state index in [1.165, 1.54) is 26.0 Å². The van der Waals surface area contributed by atoms with Gasteiger partial charge in [0.2, 0.25) is 0 Å². The van der Waals surface area contributed by atoms with Crippen LogP contribution in [0, 0.1) is 0 Å². The SMILES string of the molecule is CC(C)(F)c1cc2c(c(C(O)C(=O)O)c1)OCCO2. The molecule has 1 aliphatic rings. The van der Waals surface area contributed by atoms with Gasteiger partial charge in [-0.2, -0.15) is 0 Å². The summed E-state index contributed by atoms with van der Waals surface area (Å²) in [4.78, 5) is 10.9. The largest absolute Gasteiger partial charge is 0.486 e. The van der Waals surface area contributed by atoms with E-state index in [1.54, 1.807) is 0 Å². The minimum absolute atomic E-state index is 0.00502. The summed E-state index contributed by atoms with van der Waals surface area (Å²) in [6.45, 7) is 3.24. The number of rotatable bonds is 3. The Morgan fingerprint density at radius 2 is 2.00 bits per heavy atom. The van der Waals surface area contributed by atoms with Crippen LogP contribution in [-0.4, -0.2) is 29.4 Å². The van der Waals surface area contributed by atoms with Gasteiger partial charge in [0.15, 0.2) is 17.6 Å². The number of ether oxygens (including phenoxy) is 2. The Kier molecular flexibility index (Phi) is 3.36. The van der Waals surface area contributed by atoms with E-state index in [2.05, 4.69) is 0 Å². The normalized spacial score (nSPS) is 16.0. The summed E-state index contributed by atoms with van der Waals surface area (Å²) in [6, 6.07) is 2.76. The first kappa shape index (κ1) is 13.6. The smallest absolute Gasteiger partial charge is 0.337 e. The molecule has 0 radical (unpaired) electrons. The number of aliphatic hydroxyl groups excluding tert-OH is 1. The van der Waals surface area contributed by atoms with Crippen molar-refractivity contribution in [1.82, 2.24) is 0 Å². The zero-order valence-corrected chi connectivity index (χ0v) is 10.6. The second kappa shape index (κ2) is 4.70. The fourth-order valence-corrected chi connectivity index (χ4v) is 1.86. The summed E-state index contributed by atoms with van der Waals surface area (Å²) in [5, 5.41) is 18.6. The topological polar surface area (TPSA) is 76.0 Å². The molecule has 0 amide bonds. The van der Waals surface area contributed by atoms with Crippen LogP contribution in [0.25, 0.3) is 0 Å². The third-order valence-corrected chi connectivity index (χ3v) is 2.89. The first-order valence-corrected chi connectivity index (χ1v) is 5.84. The van der Waals surface area contributed by atoms with Gasteiger partial charge in [0.05, 0.1) is 0 Å². The molecule has 1 atom stereocenters. The maximum Gasteiger partial charge on any atom is 0.337 e. The van der Waals surface area contributed by atoms with E-state index in [9.17, 15) is 14.3 Å². The molecule has 1 heterocycles. The predicted octanol–water partition coefficient (Wildman–Crippen LogP) is 1.78. The van der Waals surface area contributed by atoms with Crippen LogP contribution < -0.4 is 9.47 Å². The second-order valence-electron chi connectivity index (χ2n) is 4.80. The third kappa shape index (κ3) is 2.63. The number of carboxylic acids is 1. The zero-order chi connectivity index (χ0) is 14.2. The molecule has 0 aromatic heterocycles. The van der Waals surface area contributed by atoms with Gasteiger partial charge in [-0.25, -0.2) is 9.18 Å². The molecule has 0 fully saturated rings. The first-order chi connectivity index (χ1) is 8.80. The van der Waals surface area contributed by atoms with Crippen LogP contribution in [0.2, 0.25) is 0 Å². The number of carboxylic acid groups (broad SMARTS) is 1. The Labute approximate surface area is 109 Å². The average Bonchev–Trinajstić information content (AvgIpc) is 2.35. The van der Waals surface area contributed by atoms with E-state index in [0.717, 1.165) is 0 Å². The highest BCUT2D eigenvalue weighted by Crippen LogP contribution is 2.41. The fourth-order valence-electron chi connectivity index (χ4n) is 1.86. The van der Waals surface area contributed by atoms with Gasteiger partial charge in [-0.15, -0.1) is 0 Å². The third-order valence-electron chi connectivity index (χ3n) is 2.89. The number of alkyl halides is 1. The molecular weight excluding hydrogens is 255 g/mol. The van der Waals surface area contributed by atoms with Gasteiger partial charge < -0.3 is 19.7 Å². The molecule has 0 saturated carbocycles. The quantitative estimate of drug-likeness (QED) is 0.875. The number of hydrogen-bond acceptors (Lipinski definition) is 4. The number of aliphatic hydroxyl groups is 1. The molecule has 1 aliphatic heterocycles. The van der Waals surface area contributed by atoms with Crippen molar-refractivity contribution in [3.8, 4) is 11.5 Å². The lowest BCUT2D eigenvalue weighted by molar-refractivity contribution is -0.147. The Hall–Kier alpha value is -1.82. The maximum absolute atomic E-state index is 14.0. The fraction of sp³-hybridized carbons (Fsp3) is 0.462. The Bertz CT molecular complexity index is 506. The van der Waals surface area contributed by atoms with Gasteiger partial charge in [-0.1, -0.05) is 0 Å². The van der Waals surface area contributed by atoms with Crippen molar-refractivity contribution in [2.24, 2.45) is 0 Å². The number of benzene rings is 1. The summed E-state index contributed by atoms with van der Waals surface area (Å²) in [6.07, 6.45) is -1.78. The van der Waals surface area contributed by atoms with Gasteiger partial charge in [-0.3, -0.25) is 0 Å². The summed E-state index contributed by atoms with van der Waals surface area (Å²) in [7, 11) is 0. The summed E-state index contributed by atoms with van der Waals surface area (Å²) >= 11 is 0. The van der Waals surface area contributed by atoms with E-state index in [4.69, 9.17) is 14.6 Å². The highest BCUT2D eigenvalue weighted by atomic mass is 19.1. The van der Waals surface area contributed by atoms with Crippen LogP contribution in [-0.2, 0) is 10.5 Å². The minimum Gasteiger partial charge on any atom is -0.486 e. The van der Waals surface area contributed by atoms with Crippen LogP contribution >= 0.6 is 0 Å². The number of halogens is 1. The van der Waals surface area contributed by atoms with Gasteiger partial charge >= 0.3 is 5.97 Å². The van der Waals surface area contributed by atoms with Crippen LogP contribution in [0.15, 0.2) is 12.1 Å². The standard InChI is InChI=1S/C13H15FO5/c1-13(2,14)7-5-8(10(15)12(16)17)11-9(6-7)18-3-4-19-11/h5-6,10,15H,3-4H2,1-2H3,(H,16,17). The monoisotopic (exact) mass is 270 g/mol. The Balaban J connectivity index is 2.59. The van der Waals surface area contributed by atoms with Crippen LogP contribution in [0.5, 0.6) is 11.5 Å². The molecule has 1 aromatic rings. The highest BCUT2D eigenvalue weighted by Gasteiger charge is 2.30. The lowest BCUT2D eigenvalue weighted by Gasteiger charge is -2.25. The Morgan fingerprint density at radius 3 is 2.58 bits per heavy atom. The number of hydrogen-bond donors (Lipinski definition) is 2. The van der Waals surface area contributed by atoms with Crippen LogP contribution in [0.4, 0.5) is 4.39 Å². The minimum atomic E-state index is -1.78. The van der Waals surface area contributed by atoms with Gasteiger partial charge in [0, 0.05) is 5.56 Å². The molecule has 0 aliphatic carbocycles. The van der Waals surface area contributed by atoms with E-state index in [-0.39, 0.29) is 29.2 Å². The predicted molar refractivity (Wildman–Crippen MR) is 64.2 cm³/mol. The van der Waals surface area contributed by atoms with Crippen molar-refractivity contribution >= 4 is 5.97 Å². The van der Waals surface area contributed by atoms with E-state index in [0.29, 0.717) is 6.61 Å². The van der Waals surface area contributed by atoms with Crippen LogP contribution in [0.3, 0.4) is 0 Å². The van der Waals surface area contributed by atoms with Crippen LogP contribution in [0.1, 0.15) is 31.1 Å². The van der Waals surface area contributed by atoms with Crippen molar-refractivity contribution in [3.63, 3.8) is 0 Å². The second-order valence-corrected chi connectivity index (χ2v) is 4.80. The molecule has 2 rings (SSSR count). The molecular formula is C13H15FO5. The molecule has 19 heavy (non-hydrogen) atoms. The summed E-state index contributed by atoms with van der Waals surface area (Å²) < 4.78 is 24.7.